The van der Waals surface area contributed by atoms with Crippen LogP contribution in [-0.2, 0) is 6.54 Å². The summed E-state index contributed by atoms with van der Waals surface area (Å²) in [7, 11) is 0. The van der Waals surface area contributed by atoms with Crippen molar-refractivity contribution in [2.45, 2.75) is 45.1 Å². The molecule has 0 aromatic heterocycles. The Morgan fingerprint density at radius 2 is 1.80 bits per heavy atom. The highest BCUT2D eigenvalue weighted by atomic mass is 19.3. The second kappa shape index (κ2) is 8.45. The summed E-state index contributed by atoms with van der Waals surface area (Å²) in [5, 5.41) is 0. The van der Waals surface area contributed by atoms with Crippen molar-refractivity contribution < 1.29 is 13.5 Å². The van der Waals surface area contributed by atoms with Crippen LogP contribution in [0.15, 0.2) is 24.3 Å². The minimum Gasteiger partial charge on any atom is -0.492 e. The first-order valence-electron chi connectivity index (χ1n) is 9.54. The summed E-state index contributed by atoms with van der Waals surface area (Å²) in [5.74, 6) is -0.790. The fourth-order valence-electron chi connectivity index (χ4n) is 3.77. The maximum atomic E-state index is 13.2. The van der Waals surface area contributed by atoms with Crippen LogP contribution in [0.5, 0.6) is 5.75 Å². The lowest BCUT2D eigenvalue weighted by Gasteiger charge is -2.31. The number of benzene rings is 1. The third-order valence-electron chi connectivity index (χ3n) is 5.33. The summed E-state index contributed by atoms with van der Waals surface area (Å²) in [6, 6.07) is 8.08. The first kappa shape index (κ1) is 18.6. The van der Waals surface area contributed by atoms with Crippen LogP contribution in [0.2, 0.25) is 0 Å². The van der Waals surface area contributed by atoms with Crippen LogP contribution in [0.3, 0.4) is 0 Å². The number of likely N-dealkylation sites (tertiary alicyclic amines) is 2. The number of nitrogens with zero attached hydrogens (tertiary/aromatic N) is 2. The van der Waals surface area contributed by atoms with E-state index in [2.05, 4.69) is 16.7 Å². The number of piperidine rings is 2. The third-order valence-corrected chi connectivity index (χ3v) is 5.33. The monoisotopic (exact) mass is 352 g/mol. The molecule has 2 aliphatic rings. The quantitative estimate of drug-likeness (QED) is 0.769. The molecule has 1 aromatic rings. The van der Waals surface area contributed by atoms with Crippen LogP contribution in [0, 0.1) is 5.92 Å². The van der Waals surface area contributed by atoms with Gasteiger partial charge in [0, 0.05) is 45.6 Å². The van der Waals surface area contributed by atoms with E-state index in [0.29, 0.717) is 19.7 Å². The molecule has 0 radical (unpaired) electrons. The van der Waals surface area contributed by atoms with Crippen LogP contribution in [0.1, 0.15) is 38.2 Å². The van der Waals surface area contributed by atoms with Crippen LogP contribution in [0.25, 0.3) is 0 Å². The number of alkyl halides is 2. The summed E-state index contributed by atoms with van der Waals surface area (Å²) < 4.78 is 32.3. The van der Waals surface area contributed by atoms with E-state index in [-0.39, 0.29) is 12.8 Å². The molecule has 3 nitrogen and oxygen atoms in total. The normalized spacial score (nSPS) is 25.0. The van der Waals surface area contributed by atoms with Gasteiger partial charge in [-0.25, -0.2) is 8.78 Å². The lowest BCUT2D eigenvalue weighted by atomic mass is 10.0. The lowest BCUT2D eigenvalue weighted by Crippen LogP contribution is -2.38. The molecule has 5 heteroatoms. The van der Waals surface area contributed by atoms with Gasteiger partial charge in [0.25, 0.3) is 5.92 Å². The van der Waals surface area contributed by atoms with Gasteiger partial charge < -0.3 is 4.74 Å². The average Bonchev–Trinajstić information content (AvgIpc) is 2.58. The van der Waals surface area contributed by atoms with E-state index in [0.717, 1.165) is 30.3 Å². The van der Waals surface area contributed by atoms with Crippen LogP contribution in [-0.4, -0.2) is 55.1 Å². The average molecular weight is 352 g/mol. The molecule has 0 aliphatic carbocycles. The maximum Gasteiger partial charge on any atom is 0.250 e. The lowest BCUT2D eigenvalue weighted by molar-refractivity contribution is -0.0566. The van der Waals surface area contributed by atoms with Gasteiger partial charge in [0.2, 0.25) is 0 Å². The standard InChI is InChI=1S/C20H30F2N2O/c1-17-3-2-10-23(15-17)13-14-25-19-6-4-18(5-7-19)16-24-11-8-20(21,22)9-12-24/h4-7,17H,2-3,8-16H2,1H3. The smallest absolute Gasteiger partial charge is 0.250 e. The molecule has 1 aromatic carbocycles. The van der Waals surface area contributed by atoms with Crippen molar-refractivity contribution in [3.63, 3.8) is 0 Å². The SMILES string of the molecule is CC1CCCN(CCOc2ccc(CN3CCC(F)(F)CC3)cc2)C1. The minimum atomic E-state index is -2.47. The Hall–Kier alpha value is -1.20. The maximum absolute atomic E-state index is 13.2. The fourth-order valence-corrected chi connectivity index (χ4v) is 3.77. The highest BCUT2D eigenvalue weighted by molar-refractivity contribution is 5.27. The third kappa shape index (κ3) is 5.93. The van der Waals surface area contributed by atoms with Gasteiger partial charge in [-0.2, -0.15) is 0 Å². The first-order valence-corrected chi connectivity index (χ1v) is 9.54. The van der Waals surface area contributed by atoms with E-state index >= 15 is 0 Å². The Kier molecular flexibility index (Phi) is 6.29. The zero-order chi connectivity index (χ0) is 17.7. The van der Waals surface area contributed by atoms with Crippen molar-refractivity contribution in [3.8, 4) is 5.75 Å². The largest absolute Gasteiger partial charge is 0.492 e. The van der Waals surface area contributed by atoms with Gasteiger partial charge >= 0.3 is 0 Å². The summed E-state index contributed by atoms with van der Waals surface area (Å²) in [6.45, 7) is 8.05. The van der Waals surface area contributed by atoms with Gasteiger partial charge in [-0.1, -0.05) is 19.1 Å². The first-order chi connectivity index (χ1) is 12.0. The molecule has 0 bridgehead atoms. The predicted octanol–water partition coefficient (Wildman–Crippen LogP) is 4.03. The molecule has 0 spiro atoms. The number of hydrogen-bond acceptors (Lipinski definition) is 3. The Labute approximate surface area is 149 Å². The number of hydrogen-bond donors (Lipinski definition) is 0. The Bertz CT molecular complexity index is 525. The summed E-state index contributed by atoms with van der Waals surface area (Å²) in [5.41, 5.74) is 1.16. The van der Waals surface area contributed by atoms with E-state index in [4.69, 9.17) is 4.74 Å². The van der Waals surface area contributed by atoms with E-state index in [9.17, 15) is 8.78 Å². The molecule has 140 valence electrons. The van der Waals surface area contributed by atoms with E-state index in [1.165, 1.54) is 25.9 Å². The molecule has 3 rings (SSSR count). The molecular formula is C20H30F2N2O. The highest BCUT2D eigenvalue weighted by Crippen LogP contribution is 2.28. The highest BCUT2D eigenvalue weighted by Gasteiger charge is 2.33. The Balaban J connectivity index is 1.38. The Morgan fingerprint density at radius 3 is 2.48 bits per heavy atom. The predicted molar refractivity (Wildman–Crippen MR) is 96.2 cm³/mol. The van der Waals surface area contributed by atoms with Gasteiger partial charge in [-0.15, -0.1) is 0 Å². The molecule has 2 heterocycles. The van der Waals surface area contributed by atoms with Crippen molar-refractivity contribution in [2.75, 3.05) is 39.3 Å². The van der Waals surface area contributed by atoms with E-state index < -0.39 is 5.92 Å². The zero-order valence-corrected chi connectivity index (χ0v) is 15.2. The van der Waals surface area contributed by atoms with Gasteiger partial charge in [-0.05, 0) is 43.0 Å². The number of ether oxygens (including phenoxy) is 1. The van der Waals surface area contributed by atoms with Gasteiger partial charge in [0.15, 0.2) is 0 Å². The van der Waals surface area contributed by atoms with Crippen molar-refractivity contribution in [2.24, 2.45) is 5.92 Å². The molecule has 25 heavy (non-hydrogen) atoms. The molecule has 2 fully saturated rings. The number of rotatable bonds is 6. The fraction of sp³-hybridized carbons (Fsp3) is 0.700. The molecule has 2 aliphatic heterocycles. The number of halogens is 2. The van der Waals surface area contributed by atoms with Gasteiger partial charge in [-0.3, -0.25) is 9.80 Å². The second-order valence-electron chi connectivity index (χ2n) is 7.67. The van der Waals surface area contributed by atoms with Crippen LogP contribution in [0.4, 0.5) is 8.78 Å². The molecule has 1 unspecified atom stereocenters. The van der Waals surface area contributed by atoms with E-state index in [1.807, 2.05) is 24.3 Å². The Morgan fingerprint density at radius 1 is 1.08 bits per heavy atom. The van der Waals surface area contributed by atoms with Gasteiger partial charge in [0.05, 0.1) is 0 Å². The molecule has 2 saturated heterocycles. The summed E-state index contributed by atoms with van der Waals surface area (Å²) in [4.78, 5) is 4.58. The van der Waals surface area contributed by atoms with Crippen molar-refractivity contribution in [1.82, 2.24) is 9.80 Å². The van der Waals surface area contributed by atoms with Crippen molar-refractivity contribution >= 4 is 0 Å². The topological polar surface area (TPSA) is 15.7 Å². The van der Waals surface area contributed by atoms with Crippen molar-refractivity contribution in [3.05, 3.63) is 29.8 Å². The summed E-state index contributed by atoms with van der Waals surface area (Å²) in [6.07, 6.45) is 2.58. The molecular weight excluding hydrogens is 322 g/mol. The second-order valence-corrected chi connectivity index (χ2v) is 7.67. The summed E-state index contributed by atoms with van der Waals surface area (Å²) >= 11 is 0. The van der Waals surface area contributed by atoms with Crippen molar-refractivity contribution in [1.29, 1.82) is 0 Å². The molecule has 0 N–H and O–H groups in total. The molecule has 0 amide bonds. The zero-order valence-electron chi connectivity index (χ0n) is 15.2. The van der Waals surface area contributed by atoms with Crippen LogP contribution >= 0.6 is 0 Å². The molecule has 0 saturated carbocycles. The van der Waals surface area contributed by atoms with Gasteiger partial charge in [0.1, 0.15) is 12.4 Å². The van der Waals surface area contributed by atoms with E-state index in [1.54, 1.807) is 0 Å². The van der Waals surface area contributed by atoms with Crippen LogP contribution < -0.4 is 4.74 Å². The molecule has 1 atom stereocenters. The minimum absolute atomic E-state index is 0.0245.